The van der Waals surface area contributed by atoms with Crippen LogP contribution in [0.5, 0.6) is 11.5 Å². The van der Waals surface area contributed by atoms with E-state index < -0.39 is 0 Å². The van der Waals surface area contributed by atoms with Crippen molar-refractivity contribution in [3.05, 3.63) is 53.2 Å². The molecule has 3 aromatic rings. The van der Waals surface area contributed by atoms with Crippen LogP contribution in [0.3, 0.4) is 0 Å². The number of nitrogens with zero attached hydrogens (tertiary/aromatic N) is 2. The normalized spacial score (nSPS) is 17.9. The summed E-state index contributed by atoms with van der Waals surface area (Å²) in [4.78, 5) is 21.2. The number of aromatic nitrogens is 2. The highest BCUT2D eigenvalue weighted by Crippen LogP contribution is 2.46. The Kier molecular flexibility index (Phi) is 7.59. The van der Waals surface area contributed by atoms with E-state index in [1.807, 2.05) is 18.2 Å². The number of anilines is 1. The predicted octanol–water partition coefficient (Wildman–Crippen LogP) is 6.74. The van der Waals surface area contributed by atoms with Crippen LogP contribution in [0.1, 0.15) is 32.1 Å². The summed E-state index contributed by atoms with van der Waals surface area (Å²) >= 11 is 13.2. The van der Waals surface area contributed by atoms with Gasteiger partial charge in [-0.15, -0.1) is 0 Å². The number of allylic oxidation sites excluding steroid dienone is 1. The van der Waals surface area contributed by atoms with E-state index in [-0.39, 0.29) is 17.7 Å². The number of ketones is 1. The predicted molar refractivity (Wildman–Crippen MR) is 137 cm³/mol. The van der Waals surface area contributed by atoms with Crippen LogP contribution in [0.15, 0.2) is 43.1 Å². The number of methoxy groups -OCH3 is 2. The van der Waals surface area contributed by atoms with Crippen molar-refractivity contribution in [2.45, 2.75) is 38.1 Å². The first-order chi connectivity index (χ1) is 16.4. The number of benzene rings is 2. The molecule has 8 heteroatoms. The Bertz CT molecular complexity index is 1200. The fraction of sp³-hybridized carbons (Fsp3) is 0.346. The molecule has 1 saturated carbocycles. The molecule has 0 bridgehead atoms. The Morgan fingerprint density at radius 3 is 2.53 bits per heavy atom. The molecule has 2 atom stereocenters. The molecule has 2 aromatic carbocycles. The summed E-state index contributed by atoms with van der Waals surface area (Å²) in [5.41, 5.74) is 2.22. The molecule has 1 aliphatic rings. The van der Waals surface area contributed by atoms with Crippen LogP contribution in [0.4, 0.5) is 5.95 Å². The minimum Gasteiger partial charge on any atom is -0.495 e. The molecule has 178 valence electrons. The third-order valence-electron chi connectivity index (χ3n) is 6.36. The van der Waals surface area contributed by atoms with Crippen LogP contribution in [0.25, 0.3) is 22.0 Å². The standard InChI is InChI=1S/C26H27Cl2N3O3/c1-4-18(32)12-15-7-5-6-8-19(15)30-26-29-14-17-11-16(9-10-20(17)31-26)23-24(27)21(33-2)13-22(34-3)25(23)28/h4,9-11,13-15,19H,1,5-8,12H2,2-3H3,(H,29,30,31)/t15-,19-/m1/s1. The van der Waals surface area contributed by atoms with Gasteiger partial charge in [0.2, 0.25) is 5.95 Å². The van der Waals surface area contributed by atoms with Crippen molar-refractivity contribution in [3.8, 4) is 22.6 Å². The lowest BCUT2D eigenvalue weighted by Crippen LogP contribution is -2.34. The lowest BCUT2D eigenvalue weighted by molar-refractivity contribution is -0.115. The zero-order chi connectivity index (χ0) is 24.2. The molecule has 1 aliphatic carbocycles. The lowest BCUT2D eigenvalue weighted by Gasteiger charge is -2.31. The second kappa shape index (κ2) is 10.6. The fourth-order valence-corrected chi connectivity index (χ4v) is 5.27. The van der Waals surface area contributed by atoms with E-state index in [1.54, 1.807) is 26.5 Å². The van der Waals surface area contributed by atoms with Gasteiger partial charge in [0, 0.05) is 35.7 Å². The number of ether oxygens (including phenoxy) is 2. The molecule has 0 amide bonds. The number of nitrogens with one attached hydrogen (secondary N) is 1. The van der Waals surface area contributed by atoms with Gasteiger partial charge in [0.05, 0.1) is 29.8 Å². The molecule has 0 unspecified atom stereocenters. The first kappa shape index (κ1) is 24.3. The number of hydrogen-bond donors (Lipinski definition) is 1. The van der Waals surface area contributed by atoms with Gasteiger partial charge >= 0.3 is 0 Å². The second-order valence-electron chi connectivity index (χ2n) is 8.42. The minimum atomic E-state index is 0.0807. The van der Waals surface area contributed by atoms with Crippen molar-refractivity contribution in [1.82, 2.24) is 9.97 Å². The van der Waals surface area contributed by atoms with Crippen LogP contribution < -0.4 is 14.8 Å². The Morgan fingerprint density at radius 2 is 1.85 bits per heavy atom. The SMILES string of the molecule is C=CC(=O)C[C@H]1CCCC[C@H]1Nc1ncc2cc(-c3c(Cl)c(OC)cc(OC)c3Cl)ccc2n1. The zero-order valence-corrected chi connectivity index (χ0v) is 20.7. The summed E-state index contributed by atoms with van der Waals surface area (Å²) in [7, 11) is 3.09. The Balaban J connectivity index is 1.63. The highest BCUT2D eigenvalue weighted by molar-refractivity contribution is 6.41. The number of fused-ring (bicyclic) bond motifs is 1. The summed E-state index contributed by atoms with van der Waals surface area (Å²) in [5, 5.41) is 5.12. The summed E-state index contributed by atoms with van der Waals surface area (Å²) < 4.78 is 10.8. The van der Waals surface area contributed by atoms with Gasteiger partial charge in [-0.25, -0.2) is 9.97 Å². The van der Waals surface area contributed by atoms with E-state index in [0.717, 1.165) is 42.1 Å². The minimum absolute atomic E-state index is 0.0807. The molecule has 0 spiro atoms. The first-order valence-corrected chi connectivity index (χ1v) is 12.0. The molecule has 1 heterocycles. The van der Waals surface area contributed by atoms with Crippen molar-refractivity contribution < 1.29 is 14.3 Å². The average Bonchev–Trinajstić information content (AvgIpc) is 2.85. The lowest BCUT2D eigenvalue weighted by atomic mass is 9.81. The molecule has 0 aliphatic heterocycles. The van der Waals surface area contributed by atoms with Gasteiger partial charge in [0.15, 0.2) is 5.78 Å². The van der Waals surface area contributed by atoms with Crippen LogP contribution in [0, 0.1) is 5.92 Å². The second-order valence-corrected chi connectivity index (χ2v) is 9.18. The van der Waals surface area contributed by atoms with E-state index >= 15 is 0 Å². The van der Waals surface area contributed by atoms with Gasteiger partial charge < -0.3 is 14.8 Å². The van der Waals surface area contributed by atoms with E-state index in [4.69, 9.17) is 37.7 Å². The van der Waals surface area contributed by atoms with Gasteiger partial charge in [-0.1, -0.05) is 48.7 Å². The third kappa shape index (κ3) is 4.98. The van der Waals surface area contributed by atoms with Crippen molar-refractivity contribution in [2.75, 3.05) is 19.5 Å². The Labute approximate surface area is 209 Å². The quantitative estimate of drug-likeness (QED) is 0.346. The topological polar surface area (TPSA) is 73.3 Å². The number of carbonyl (C=O) groups excluding carboxylic acids is 1. The van der Waals surface area contributed by atoms with Gasteiger partial charge in [-0.05, 0) is 42.5 Å². The summed E-state index contributed by atoms with van der Waals surface area (Å²) in [6.45, 7) is 3.60. The average molecular weight is 500 g/mol. The molecule has 1 fully saturated rings. The number of halogens is 2. The molecule has 34 heavy (non-hydrogen) atoms. The molecular formula is C26H27Cl2N3O3. The van der Waals surface area contributed by atoms with Gasteiger partial charge in [0.1, 0.15) is 11.5 Å². The Hall–Kier alpha value is -2.83. The van der Waals surface area contributed by atoms with Crippen LogP contribution in [-0.4, -0.2) is 36.0 Å². The molecule has 0 radical (unpaired) electrons. The molecule has 0 saturated heterocycles. The maximum absolute atomic E-state index is 11.9. The van der Waals surface area contributed by atoms with Crippen molar-refractivity contribution in [1.29, 1.82) is 0 Å². The van der Waals surface area contributed by atoms with Crippen LogP contribution in [0.2, 0.25) is 10.0 Å². The maximum atomic E-state index is 11.9. The fourth-order valence-electron chi connectivity index (χ4n) is 4.55. The van der Waals surface area contributed by atoms with Crippen molar-refractivity contribution in [2.24, 2.45) is 5.92 Å². The molecular weight excluding hydrogens is 473 g/mol. The van der Waals surface area contributed by atoms with Gasteiger partial charge in [0.25, 0.3) is 0 Å². The first-order valence-electron chi connectivity index (χ1n) is 11.2. The van der Waals surface area contributed by atoms with Crippen LogP contribution >= 0.6 is 23.2 Å². The van der Waals surface area contributed by atoms with Gasteiger partial charge in [-0.3, -0.25) is 4.79 Å². The van der Waals surface area contributed by atoms with E-state index in [9.17, 15) is 4.79 Å². The third-order valence-corrected chi connectivity index (χ3v) is 7.11. The molecule has 1 aromatic heterocycles. The van der Waals surface area contributed by atoms with E-state index in [0.29, 0.717) is 39.5 Å². The summed E-state index contributed by atoms with van der Waals surface area (Å²) in [6, 6.07) is 7.60. The molecule has 6 nitrogen and oxygen atoms in total. The van der Waals surface area contributed by atoms with E-state index in [2.05, 4.69) is 16.9 Å². The molecule has 1 N–H and O–H groups in total. The van der Waals surface area contributed by atoms with Crippen molar-refractivity contribution in [3.63, 3.8) is 0 Å². The van der Waals surface area contributed by atoms with Crippen molar-refractivity contribution >= 4 is 45.8 Å². The monoisotopic (exact) mass is 499 g/mol. The summed E-state index contributed by atoms with van der Waals surface area (Å²) in [5.74, 6) is 1.85. The highest BCUT2D eigenvalue weighted by atomic mass is 35.5. The molecule has 4 rings (SSSR count). The largest absolute Gasteiger partial charge is 0.495 e. The highest BCUT2D eigenvalue weighted by Gasteiger charge is 2.27. The smallest absolute Gasteiger partial charge is 0.223 e. The maximum Gasteiger partial charge on any atom is 0.223 e. The number of carbonyl (C=O) groups is 1. The number of hydrogen-bond acceptors (Lipinski definition) is 6. The Morgan fingerprint density at radius 1 is 1.15 bits per heavy atom. The zero-order valence-electron chi connectivity index (χ0n) is 19.2. The van der Waals surface area contributed by atoms with Gasteiger partial charge in [-0.2, -0.15) is 0 Å². The van der Waals surface area contributed by atoms with E-state index in [1.165, 1.54) is 6.08 Å². The number of rotatable bonds is 8. The van der Waals surface area contributed by atoms with Crippen LogP contribution in [-0.2, 0) is 4.79 Å². The summed E-state index contributed by atoms with van der Waals surface area (Å²) in [6.07, 6.45) is 7.95.